The lowest BCUT2D eigenvalue weighted by Crippen LogP contribution is -2.35. The highest BCUT2D eigenvalue weighted by Gasteiger charge is 2.48. The summed E-state index contributed by atoms with van der Waals surface area (Å²) < 4.78 is 7.45. The van der Waals surface area contributed by atoms with Gasteiger partial charge < -0.3 is 19.8 Å². The van der Waals surface area contributed by atoms with Crippen molar-refractivity contribution in [2.24, 2.45) is 5.92 Å². The summed E-state index contributed by atoms with van der Waals surface area (Å²) in [6.07, 6.45) is 6.47. The van der Waals surface area contributed by atoms with Crippen molar-refractivity contribution in [1.29, 1.82) is 0 Å². The number of rotatable bonds is 7. The molecule has 4 aromatic rings. The van der Waals surface area contributed by atoms with Gasteiger partial charge in [-0.05, 0) is 37.0 Å². The van der Waals surface area contributed by atoms with Crippen LogP contribution in [0.1, 0.15) is 30.7 Å². The number of hydrogen-bond acceptors (Lipinski definition) is 10. The summed E-state index contributed by atoms with van der Waals surface area (Å²) in [4.78, 5) is 30.3. The van der Waals surface area contributed by atoms with Crippen LogP contribution in [-0.4, -0.2) is 77.4 Å². The zero-order valence-electron chi connectivity index (χ0n) is 21.6. The molecular weight excluding hydrogens is 498 g/mol. The predicted molar refractivity (Wildman–Crippen MR) is 140 cm³/mol. The molecule has 2 N–H and O–H groups in total. The first-order valence-electron chi connectivity index (χ1n) is 13.3. The van der Waals surface area contributed by atoms with Crippen LogP contribution < -0.4 is 5.32 Å². The lowest BCUT2D eigenvalue weighted by molar-refractivity contribution is -0.144. The van der Waals surface area contributed by atoms with Crippen LogP contribution in [0.3, 0.4) is 0 Å². The van der Waals surface area contributed by atoms with E-state index in [1.165, 1.54) is 17.7 Å². The predicted octanol–water partition coefficient (Wildman–Crippen LogP) is 2.41. The summed E-state index contributed by atoms with van der Waals surface area (Å²) >= 11 is 0. The number of likely N-dealkylation sites (N-methyl/N-ethyl adjacent to an activating group) is 1. The van der Waals surface area contributed by atoms with E-state index in [0.717, 1.165) is 43.5 Å². The number of hydrogen-bond donors (Lipinski definition) is 2. The summed E-state index contributed by atoms with van der Waals surface area (Å²) in [7, 11) is 1.65. The molecule has 2 fully saturated rings. The average molecular weight is 528 g/mol. The van der Waals surface area contributed by atoms with Crippen molar-refractivity contribution in [2.45, 2.75) is 38.0 Å². The van der Waals surface area contributed by atoms with Gasteiger partial charge in [0.05, 0.1) is 41.2 Å². The molecule has 1 amide bonds. The Kier molecular flexibility index (Phi) is 5.67. The minimum Gasteiger partial charge on any atom is -0.373 e. The quantitative estimate of drug-likeness (QED) is 0.368. The van der Waals surface area contributed by atoms with Crippen molar-refractivity contribution < 1.29 is 14.4 Å². The first-order chi connectivity index (χ1) is 19.0. The number of aromatic nitrogens is 6. The maximum Gasteiger partial charge on any atom is 0.262 e. The molecule has 12 heteroatoms. The summed E-state index contributed by atoms with van der Waals surface area (Å²) in [5, 5.41) is 22.9. The fourth-order valence-electron chi connectivity index (χ4n) is 5.30. The zero-order chi connectivity index (χ0) is 26.6. The Balaban J connectivity index is 1.11. The van der Waals surface area contributed by atoms with Gasteiger partial charge in [-0.15, -0.1) is 0 Å². The molecule has 12 nitrogen and oxygen atoms in total. The molecule has 6 heterocycles. The molecule has 39 heavy (non-hydrogen) atoms. The first-order valence-corrected chi connectivity index (χ1v) is 13.3. The smallest absolute Gasteiger partial charge is 0.262 e. The van der Waals surface area contributed by atoms with E-state index in [1.54, 1.807) is 31.4 Å². The molecule has 1 saturated carbocycles. The second-order valence-electron chi connectivity index (χ2n) is 10.6. The Hall–Kier alpha value is -4.16. The van der Waals surface area contributed by atoms with E-state index in [-0.39, 0.29) is 12.2 Å². The molecule has 1 saturated heterocycles. The number of aliphatic hydroxyl groups is 1. The minimum absolute atomic E-state index is 0.118. The third-order valence-electron chi connectivity index (χ3n) is 7.77. The van der Waals surface area contributed by atoms with Crippen LogP contribution in [0.15, 0.2) is 47.2 Å². The van der Waals surface area contributed by atoms with Crippen LogP contribution in [0, 0.1) is 5.92 Å². The number of nitrogens with zero attached hydrogens (tertiary/aromatic N) is 8. The third-order valence-corrected chi connectivity index (χ3v) is 7.77. The van der Waals surface area contributed by atoms with Crippen molar-refractivity contribution in [3.05, 3.63) is 54.2 Å². The minimum atomic E-state index is -1.70. The number of anilines is 2. The highest BCUT2D eigenvalue weighted by Crippen LogP contribution is 2.35. The zero-order valence-corrected chi connectivity index (χ0v) is 21.6. The normalized spacial score (nSPS) is 21.4. The van der Waals surface area contributed by atoms with Crippen LogP contribution in [-0.2, 0) is 23.5 Å². The molecule has 3 aliphatic rings. The highest BCUT2D eigenvalue weighted by atomic mass is 16.5. The summed E-state index contributed by atoms with van der Waals surface area (Å²) in [5.41, 5.74) is 2.59. The fraction of sp³-hybridized carbons (Fsp3) is 0.407. The highest BCUT2D eigenvalue weighted by molar-refractivity contribution is 5.87. The van der Waals surface area contributed by atoms with Crippen LogP contribution >= 0.6 is 0 Å². The molecule has 1 aliphatic carbocycles. The topological polar surface area (TPSA) is 138 Å². The second kappa shape index (κ2) is 9.24. The monoisotopic (exact) mass is 527 g/mol. The lowest BCUT2D eigenvalue weighted by atomic mass is 9.98. The molecule has 1 atom stereocenters. The second-order valence-corrected chi connectivity index (χ2v) is 10.6. The van der Waals surface area contributed by atoms with Gasteiger partial charge in [0.15, 0.2) is 5.76 Å². The Bertz CT molecular complexity index is 1540. The van der Waals surface area contributed by atoms with Crippen LogP contribution in [0.5, 0.6) is 0 Å². The van der Waals surface area contributed by atoms with E-state index in [9.17, 15) is 9.90 Å². The molecule has 4 aromatic heterocycles. The molecule has 0 aromatic carbocycles. The molecule has 7 rings (SSSR count). The van der Waals surface area contributed by atoms with Gasteiger partial charge in [-0.25, -0.2) is 15.0 Å². The molecule has 200 valence electrons. The molecule has 0 bridgehead atoms. The maximum atomic E-state index is 12.4. The Morgan fingerprint density at radius 3 is 2.72 bits per heavy atom. The molecular formula is C27H29N9O3. The maximum absolute atomic E-state index is 12.4. The van der Waals surface area contributed by atoms with Gasteiger partial charge in [0.25, 0.3) is 5.91 Å². The van der Waals surface area contributed by atoms with E-state index in [2.05, 4.69) is 30.1 Å². The van der Waals surface area contributed by atoms with Gasteiger partial charge in [-0.2, -0.15) is 5.10 Å². The number of carbonyl (C=O) groups is 1. The standard InChI is InChI=1S/C27H29N9O3/c1-34-10-8-27(38,25(34)37)24-13-21(33-39-24)19-4-2-3-18(30-19)20-7-9-28-26(31-20)32-22-14-29-36-12-11-35(16-23(22)36)15-17-5-6-17/h2-4,7,9,13-14,17,38H,5-6,8,10-12,15-16H2,1H3,(H,28,31,32). The number of pyridine rings is 1. The van der Waals surface area contributed by atoms with Gasteiger partial charge >= 0.3 is 0 Å². The lowest BCUT2D eigenvalue weighted by Gasteiger charge is -2.28. The summed E-state index contributed by atoms with van der Waals surface area (Å²) in [6, 6.07) is 8.88. The van der Waals surface area contributed by atoms with E-state index in [4.69, 9.17) is 14.5 Å². The average Bonchev–Trinajstić information content (AvgIpc) is 3.36. The van der Waals surface area contributed by atoms with E-state index < -0.39 is 11.5 Å². The van der Waals surface area contributed by atoms with Crippen molar-refractivity contribution in [3.63, 3.8) is 0 Å². The number of carbonyl (C=O) groups excluding carboxylic acids is 1. The molecule has 0 radical (unpaired) electrons. The Labute approximate surface area is 224 Å². The van der Waals surface area contributed by atoms with Crippen LogP contribution in [0.2, 0.25) is 0 Å². The molecule has 0 spiro atoms. The van der Waals surface area contributed by atoms with Crippen molar-refractivity contribution >= 4 is 17.5 Å². The van der Waals surface area contributed by atoms with Crippen molar-refractivity contribution in [3.8, 4) is 22.8 Å². The van der Waals surface area contributed by atoms with Gasteiger partial charge in [-0.3, -0.25) is 14.4 Å². The van der Waals surface area contributed by atoms with Crippen molar-refractivity contribution in [1.82, 2.24) is 39.7 Å². The summed E-state index contributed by atoms with van der Waals surface area (Å²) in [6.45, 7) is 4.37. The number of amides is 1. The third kappa shape index (κ3) is 4.45. The van der Waals surface area contributed by atoms with Gasteiger partial charge in [-0.1, -0.05) is 11.2 Å². The van der Waals surface area contributed by atoms with E-state index in [1.807, 2.05) is 18.3 Å². The summed E-state index contributed by atoms with van der Waals surface area (Å²) in [5.74, 6) is 1.03. The van der Waals surface area contributed by atoms with E-state index >= 15 is 0 Å². The van der Waals surface area contributed by atoms with E-state index in [0.29, 0.717) is 35.3 Å². The fourth-order valence-corrected chi connectivity index (χ4v) is 5.30. The van der Waals surface area contributed by atoms with Gasteiger partial charge in [0, 0.05) is 51.9 Å². The first kappa shape index (κ1) is 23.9. The van der Waals surface area contributed by atoms with Gasteiger partial charge in [0.2, 0.25) is 11.5 Å². The Morgan fingerprint density at radius 1 is 1.10 bits per heavy atom. The number of likely N-dealkylation sites (tertiary alicyclic amines) is 1. The largest absolute Gasteiger partial charge is 0.373 e. The van der Waals surface area contributed by atoms with Crippen LogP contribution in [0.4, 0.5) is 11.6 Å². The van der Waals surface area contributed by atoms with Crippen LogP contribution in [0.25, 0.3) is 22.8 Å². The number of fused-ring (bicyclic) bond motifs is 1. The Morgan fingerprint density at radius 2 is 1.92 bits per heavy atom. The molecule has 1 unspecified atom stereocenters. The van der Waals surface area contributed by atoms with Crippen molar-refractivity contribution in [2.75, 3.05) is 32.0 Å². The SMILES string of the molecule is CN1CCC(O)(c2cc(-c3cccc(-c4ccnc(Nc5cnn6c5CN(CC5CC5)CC6)n4)n3)no2)C1=O. The molecule has 2 aliphatic heterocycles. The number of nitrogens with one attached hydrogen (secondary N) is 1. The van der Waals surface area contributed by atoms with Gasteiger partial charge in [0.1, 0.15) is 5.69 Å².